The van der Waals surface area contributed by atoms with E-state index >= 15 is 4.79 Å². The van der Waals surface area contributed by atoms with Crippen LogP contribution in [0.25, 0.3) is 20.7 Å². The summed E-state index contributed by atoms with van der Waals surface area (Å²) >= 11 is 7.72. The molecule has 6 atom stereocenters. The number of phenolic OH excluding ortho intramolecular Hbond substituents is 1. The molecule has 0 unspecified atom stereocenters. The van der Waals surface area contributed by atoms with Crippen molar-refractivity contribution < 1.29 is 57.2 Å². The number of ether oxygens (including phenoxy) is 1. The number of halogens is 4. The first-order chi connectivity index (χ1) is 28.3. The Morgan fingerprint density at radius 3 is 2.40 bits per heavy atom. The summed E-state index contributed by atoms with van der Waals surface area (Å²) in [6, 6.07) is 13.2. The second-order valence-corrected chi connectivity index (χ2v) is 17.1. The molecule has 18 heteroatoms. The summed E-state index contributed by atoms with van der Waals surface area (Å²) in [5.74, 6) is -11.5. The smallest absolute Gasteiger partial charge is 0.508 e. The molecular formula is C42H32ClF3N4O9S. The highest BCUT2D eigenvalue weighted by atomic mass is 35.5. The molecule has 4 aliphatic rings. The quantitative estimate of drug-likeness (QED) is 0.113. The number of carboxylic acids is 1. The van der Waals surface area contributed by atoms with Gasteiger partial charge in [-0.25, -0.2) is 14.6 Å². The normalized spacial score (nSPS) is 25.1. The Balaban J connectivity index is 1.16. The third-order valence-corrected chi connectivity index (χ3v) is 14.0. The van der Waals surface area contributed by atoms with Crippen molar-refractivity contribution in [3.8, 4) is 27.8 Å². The van der Waals surface area contributed by atoms with Crippen LogP contribution in [0, 0.1) is 36.0 Å². The van der Waals surface area contributed by atoms with Crippen LogP contribution in [0.3, 0.4) is 0 Å². The van der Waals surface area contributed by atoms with Crippen LogP contribution in [0.5, 0.6) is 17.2 Å². The van der Waals surface area contributed by atoms with Crippen molar-refractivity contribution in [2.75, 3.05) is 9.80 Å². The lowest BCUT2D eigenvalue weighted by atomic mass is 9.51. The highest BCUT2D eigenvalue weighted by molar-refractivity contribution is 7.22. The number of allylic oxidation sites excluding steroid dienone is 2. The summed E-state index contributed by atoms with van der Waals surface area (Å²) in [6.45, 7) is 3.42. The lowest BCUT2D eigenvalue weighted by Crippen LogP contribution is -2.49. The van der Waals surface area contributed by atoms with E-state index in [-0.39, 0.29) is 29.9 Å². The lowest BCUT2D eigenvalue weighted by molar-refractivity contribution is -0.274. The number of fused-ring (bicyclic) bond motifs is 5. The van der Waals surface area contributed by atoms with Crippen LogP contribution in [0.4, 0.5) is 24.7 Å². The first-order valence-corrected chi connectivity index (χ1v) is 19.8. The number of hydrogen-bond donors (Lipinski definition) is 3. The number of phenols is 2. The number of benzene rings is 3. The van der Waals surface area contributed by atoms with Gasteiger partial charge in [0, 0.05) is 40.4 Å². The number of amides is 4. The van der Waals surface area contributed by atoms with E-state index in [2.05, 4.69) is 9.84 Å². The summed E-state index contributed by atoms with van der Waals surface area (Å²) < 4.78 is 47.2. The number of aryl methyl sites for hydroxylation is 2. The van der Waals surface area contributed by atoms with Crippen LogP contribution in [-0.2, 0) is 26.2 Å². The number of aromatic hydroxyl groups is 2. The van der Waals surface area contributed by atoms with Gasteiger partial charge in [-0.3, -0.25) is 23.9 Å². The monoisotopic (exact) mass is 860 g/mol. The van der Waals surface area contributed by atoms with Gasteiger partial charge in [0.15, 0.2) is 0 Å². The van der Waals surface area contributed by atoms with Gasteiger partial charge < -0.3 is 20.1 Å². The number of carbonyl (C=O) groups is 5. The lowest BCUT2D eigenvalue weighted by Gasteiger charge is -2.49. The Labute approximate surface area is 346 Å². The van der Waals surface area contributed by atoms with Crippen molar-refractivity contribution in [1.82, 2.24) is 9.78 Å². The van der Waals surface area contributed by atoms with Gasteiger partial charge >= 0.3 is 12.3 Å². The molecule has 2 aliphatic carbocycles. The Bertz CT molecular complexity index is 2800. The van der Waals surface area contributed by atoms with Crippen LogP contribution in [0.2, 0.25) is 5.02 Å². The van der Waals surface area contributed by atoms with E-state index in [0.29, 0.717) is 16.3 Å². The molecule has 308 valence electrons. The van der Waals surface area contributed by atoms with Crippen LogP contribution in [0.1, 0.15) is 47.2 Å². The number of aromatic nitrogens is 2. The van der Waals surface area contributed by atoms with Crippen molar-refractivity contribution in [2.24, 2.45) is 36.1 Å². The van der Waals surface area contributed by atoms with Crippen LogP contribution in [0.15, 0.2) is 72.3 Å². The number of rotatable bonds is 6. The van der Waals surface area contributed by atoms with E-state index in [1.165, 1.54) is 29.0 Å². The highest BCUT2D eigenvalue weighted by Crippen LogP contribution is 2.65. The summed E-state index contributed by atoms with van der Waals surface area (Å²) in [5.41, 5.74) is -0.739. The minimum Gasteiger partial charge on any atom is -0.508 e. The molecule has 4 heterocycles. The summed E-state index contributed by atoms with van der Waals surface area (Å²) in [6.07, 6.45) is -3.65. The van der Waals surface area contributed by atoms with E-state index in [1.807, 2.05) is 19.1 Å². The third kappa shape index (κ3) is 5.73. The minimum absolute atomic E-state index is 0.0514. The zero-order valence-corrected chi connectivity index (χ0v) is 33.2. The van der Waals surface area contributed by atoms with Gasteiger partial charge in [-0.05, 0) is 92.1 Å². The Morgan fingerprint density at radius 2 is 1.70 bits per heavy atom. The zero-order chi connectivity index (χ0) is 42.9. The van der Waals surface area contributed by atoms with Crippen LogP contribution in [-0.4, -0.2) is 61.1 Å². The molecule has 0 bridgehead atoms. The molecule has 13 nitrogen and oxygen atoms in total. The van der Waals surface area contributed by atoms with E-state index in [1.54, 1.807) is 25.3 Å². The highest BCUT2D eigenvalue weighted by Gasteiger charge is 2.68. The van der Waals surface area contributed by atoms with Gasteiger partial charge in [0.1, 0.15) is 34.3 Å². The molecule has 0 spiro atoms. The molecule has 2 saturated heterocycles. The third-order valence-electron chi connectivity index (χ3n) is 12.5. The average Bonchev–Trinajstić information content (AvgIpc) is 3.85. The topological polar surface area (TPSA) is 180 Å². The minimum atomic E-state index is -5.11. The largest absolute Gasteiger partial charge is 0.573 e. The van der Waals surface area contributed by atoms with Gasteiger partial charge in [0.25, 0.3) is 0 Å². The molecular weight excluding hydrogens is 829 g/mol. The van der Waals surface area contributed by atoms with Gasteiger partial charge in [-0.2, -0.15) is 5.10 Å². The number of carboxylic acid groups (broad SMARTS) is 1. The Morgan fingerprint density at radius 1 is 0.950 bits per heavy atom. The van der Waals surface area contributed by atoms with Gasteiger partial charge in [0.05, 0.1) is 33.7 Å². The molecule has 3 aromatic carbocycles. The van der Waals surface area contributed by atoms with E-state index in [9.17, 15) is 47.7 Å². The van der Waals surface area contributed by atoms with Crippen molar-refractivity contribution in [1.29, 1.82) is 0 Å². The molecule has 60 heavy (non-hydrogen) atoms. The van der Waals surface area contributed by atoms with E-state index in [0.717, 1.165) is 60.7 Å². The van der Waals surface area contributed by atoms with Gasteiger partial charge in [-0.1, -0.05) is 23.3 Å². The molecule has 0 radical (unpaired) electrons. The molecule has 5 aromatic rings. The van der Waals surface area contributed by atoms with Crippen molar-refractivity contribution in [3.63, 3.8) is 0 Å². The summed E-state index contributed by atoms with van der Waals surface area (Å²) in [7, 11) is 1.57. The van der Waals surface area contributed by atoms with Crippen molar-refractivity contribution in [3.05, 3.63) is 94.0 Å². The van der Waals surface area contributed by atoms with E-state index in [4.69, 9.17) is 11.6 Å². The number of nitrogens with zero attached hydrogens (tertiary/aromatic N) is 4. The number of anilines is 2. The molecule has 2 aromatic heterocycles. The fourth-order valence-electron chi connectivity index (χ4n) is 9.85. The maximum atomic E-state index is 15.1. The predicted octanol–water partition coefficient (Wildman–Crippen LogP) is 7.71. The molecule has 3 fully saturated rings. The Hall–Kier alpha value is -6.20. The standard InChI is InChI=1S/C42H32ClF3N4O9S/c1-17-24-12-18(43)4-11-31(24)60-35(17)28-16-32(48(3)47-28)50-37(54)27-15-25-21(34(41(27,2)40(50)58)26-14-20(6-10-29(26)51)59-42(44,45)46)8-9-23-33(25)38(55)49(36(23)53)19-5-7-22(39(56)57)30(52)13-19/h4-8,10-14,16,23,25,27,33-34,51-52H,9,15H2,1-3H3,(H,56,57)/t23-,25+,27-,33-,34+,41+/m0/s1. The number of thiophene rings is 1. The van der Waals surface area contributed by atoms with Crippen molar-refractivity contribution in [2.45, 2.75) is 39.0 Å². The number of alkyl halides is 3. The number of carbonyl (C=O) groups excluding carboxylic acids is 4. The SMILES string of the molecule is Cc1c(-c2cc(N3C(=O)[C@@H]4C[C@@H]5C(=CC[C@@H]6C(=O)N(c7ccc(C(=O)O)c(O)c7)C(=O)[C@@H]65)[C@H](c5cc(OC(F)(F)F)ccc5O)[C@]4(C)C3=O)n(C)n2)sc2ccc(Cl)cc12. The molecule has 4 amide bonds. The number of imide groups is 2. The summed E-state index contributed by atoms with van der Waals surface area (Å²) in [4.78, 5) is 72.7. The maximum Gasteiger partial charge on any atom is 0.573 e. The number of hydrogen-bond acceptors (Lipinski definition) is 10. The first-order valence-electron chi connectivity index (χ1n) is 18.6. The second-order valence-electron chi connectivity index (χ2n) is 15.7. The molecule has 1 saturated carbocycles. The first kappa shape index (κ1) is 39.3. The molecule has 2 aliphatic heterocycles. The second kappa shape index (κ2) is 13.4. The number of aromatic carboxylic acids is 1. The zero-order valence-electron chi connectivity index (χ0n) is 31.7. The van der Waals surface area contributed by atoms with Crippen LogP contribution >= 0.6 is 22.9 Å². The molecule has 9 rings (SSSR count). The van der Waals surface area contributed by atoms with Crippen molar-refractivity contribution >= 4 is 74.1 Å². The molecule has 3 N–H and O–H groups in total. The fraction of sp³-hybridized carbons (Fsp3) is 0.286. The average molecular weight is 861 g/mol. The van der Waals surface area contributed by atoms with Gasteiger partial charge in [0.2, 0.25) is 23.6 Å². The van der Waals surface area contributed by atoms with Gasteiger partial charge in [-0.15, -0.1) is 24.5 Å². The predicted molar refractivity (Wildman–Crippen MR) is 211 cm³/mol. The maximum absolute atomic E-state index is 15.1. The van der Waals surface area contributed by atoms with E-state index < -0.39 is 93.8 Å². The fourth-order valence-corrected chi connectivity index (χ4v) is 11.2. The summed E-state index contributed by atoms with van der Waals surface area (Å²) in [5, 5.41) is 37.4. The van der Waals surface area contributed by atoms with Crippen LogP contribution < -0.4 is 14.5 Å². The Kier molecular flexibility index (Phi) is 8.77.